The number of halogens is 1. The molecule has 1 aromatic rings. The molecule has 0 atom stereocenters. The van der Waals surface area contributed by atoms with Crippen molar-refractivity contribution in [2.24, 2.45) is 0 Å². The quantitative estimate of drug-likeness (QED) is 0.422. The Bertz CT molecular complexity index is 266. The summed E-state index contributed by atoms with van der Waals surface area (Å²) < 4.78 is 12.4. The zero-order valence-electron chi connectivity index (χ0n) is 5.26. The lowest BCUT2D eigenvalue weighted by molar-refractivity contribution is 0.628. The maximum Gasteiger partial charge on any atom is 0.126 e. The van der Waals surface area contributed by atoms with Crippen molar-refractivity contribution in [2.75, 3.05) is 5.73 Å². The summed E-state index contributed by atoms with van der Waals surface area (Å²) in [5.74, 6) is 1.89. The van der Waals surface area contributed by atoms with Gasteiger partial charge in [0.15, 0.2) is 0 Å². The van der Waals surface area contributed by atoms with E-state index in [0.717, 1.165) is 0 Å². The second kappa shape index (κ2) is 2.40. The molecule has 1 aromatic carbocycles. The molecule has 0 aromatic heterocycles. The molecule has 0 aliphatic rings. The van der Waals surface area contributed by atoms with Gasteiger partial charge in [0.25, 0.3) is 0 Å². The minimum Gasteiger partial charge on any atom is -0.399 e. The summed E-state index contributed by atoms with van der Waals surface area (Å²) in [5, 5.41) is 0. The van der Waals surface area contributed by atoms with Crippen LogP contribution in [0.4, 0.5) is 10.1 Å². The van der Waals surface area contributed by atoms with Crippen molar-refractivity contribution in [1.82, 2.24) is 0 Å². The number of hydrogen-bond acceptors (Lipinski definition) is 1. The van der Waals surface area contributed by atoms with Crippen molar-refractivity contribution in [3.05, 3.63) is 29.6 Å². The highest BCUT2D eigenvalue weighted by atomic mass is 19.1. The van der Waals surface area contributed by atoms with Gasteiger partial charge in [0.05, 0.1) is 0 Å². The molecular weight excluding hydrogens is 129 g/mol. The van der Waals surface area contributed by atoms with Gasteiger partial charge in [0.2, 0.25) is 0 Å². The van der Waals surface area contributed by atoms with Crippen LogP contribution in [0.15, 0.2) is 18.2 Å². The fraction of sp³-hybridized carbons (Fsp3) is 0. The van der Waals surface area contributed by atoms with E-state index in [1.54, 1.807) is 6.07 Å². The molecular formula is C8H6FN. The van der Waals surface area contributed by atoms with E-state index in [0.29, 0.717) is 11.3 Å². The lowest BCUT2D eigenvalue weighted by atomic mass is 10.2. The van der Waals surface area contributed by atoms with Crippen molar-refractivity contribution in [2.45, 2.75) is 0 Å². The van der Waals surface area contributed by atoms with Gasteiger partial charge in [-0.05, 0) is 18.2 Å². The number of nitrogen functional groups attached to an aromatic ring is 1. The molecule has 1 rings (SSSR count). The normalized spacial score (nSPS) is 8.80. The minimum absolute atomic E-state index is 0.355. The molecule has 10 heavy (non-hydrogen) atoms. The van der Waals surface area contributed by atoms with Crippen molar-refractivity contribution in [3.8, 4) is 12.3 Å². The SMILES string of the molecule is C#Cc1cc(N)cc(F)c1. The van der Waals surface area contributed by atoms with Crippen LogP contribution < -0.4 is 5.73 Å². The molecule has 0 aliphatic carbocycles. The minimum atomic E-state index is -0.395. The van der Waals surface area contributed by atoms with E-state index in [9.17, 15) is 4.39 Å². The molecule has 0 radical (unpaired) electrons. The second-order valence-electron chi connectivity index (χ2n) is 1.92. The highest BCUT2D eigenvalue weighted by molar-refractivity contribution is 5.46. The number of benzene rings is 1. The molecule has 2 heteroatoms. The van der Waals surface area contributed by atoms with Gasteiger partial charge in [0.1, 0.15) is 5.82 Å². The molecule has 0 fully saturated rings. The van der Waals surface area contributed by atoms with E-state index in [1.165, 1.54) is 12.1 Å². The third-order valence-electron chi connectivity index (χ3n) is 1.09. The molecule has 0 heterocycles. The second-order valence-corrected chi connectivity index (χ2v) is 1.92. The average Bonchev–Trinajstić information content (AvgIpc) is 1.85. The van der Waals surface area contributed by atoms with Gasteiger partial charge in [-0.1, -0.05) is 5.92 Å². The zero-order chi connectivity index (χ0) is 7.56. The van der Waals surface area contributed by atoms with Gasteiger partial charge in [-0.25, -0.2) is 4.39 Å². The van der Waals surface area contributed by atoms with E-state index in [1.807, 2.05) is 0 Å². The van der Waals surface area contributed by atoms with Crippen LogP contribution >= 0.6 is 0 Å². The van der Waals surface area contributed by atoms with Gasteiger partial charge in [0, 0.05) is 11.3 Å². The van der Waals surface area contributed by atoms with E-state index in [2.05, 4.69) is 5.92 Å². The molecule has 0 aliphatic heterocycles. The summed E-state index contributed by atoms with van der Waals surface area (Å²) in [5.41, 5.74) is 6.12. The van der Waals surface area contributed by atoms with E-state index in [4.69, 9.17) is 12.2 Å². The van der Waals surface area contributed by atoms with Gasteiger partial charge < -0.3 is 5.73 Å². The van der Waals surface area contributed by atoms with Crippen molar-refractivity contribution in [1.29, 1.82) is 0 Å². The predicted octanol–water partition coefficient (Wildman–Crippen LogP) is 1.39. The van der Waals surface area contributed by atoms with Crippen LogP contribution in [0.1, 0.15) is 5.56 Å². The Morgan fingerprint density at radius 2 is 2.10 bits per heavy atom. The Labute approximate surface area is 58.7 Å². The number of anilines is 1. The Hall–Kier alpha value is -1.49. The smallest absolute Gasteiger partial charge is 0.126 e. The fourth-order valence-electron chi connectivity index (χ4n) is 0.696. The Morgan fingerprint density at radius 1 is 1.40 bits per heavy atom. The van der Waals surface area contributed by atoms with Gasteiger partial charge in [-0.15, -0.1) is 6.42 Å². The summed E-state index contributed by atoms with van der Waals surface area (Å²) in [4.78, 5) is 0. The van der Waals surface area contributed by atoms with Crippen molar-refractivity contribution < 1.29 is 4.39 Å². The molecule has 0 amide bonds. The van der Waals surface area contributed by atoms with Crippen LogP contribution in [-0.4, -0.2) is 0 Å². The average molecular weight is 135 g/mol. The summed E-state index contributed by atoms with van der Waals surface area (Å²) in [6, 6.07) is 4.03. The van der Waals surface area contributed by atoms with Crippen LogP contribution in [0.2, 0.25) is 0 Å². The van der Waals surface area contributed by atoms with Gasteiger partial charge in [-0.2, -0.15) is 0 Å². The van der Waals surface area contributed by atoms with Gasteiger partial charge in [-0.3, -0.25) is 0 Å². The lowest BCUT2D eigenvalue weighted by Crippen LogP contribution is -1.87. The fourth-order valence-corrected chi connectivity index (χ4v) is 0.696. The van der Waals surface area contributed by atoms with E-state index in [-0.39, 0.29) is 0 Å². The maximum atomic E-state index is 12.4. The third-order valence-corrected chi connectivity index (χ3v) is 1.09. The van der Waals surface area contributed by atoms with Crippen molar-refractivity contribution >= 4 is 5.69 Å². The summed E-state index contributed by atoms with van der Waals surface area (Å²) in [7, 11) is 0. The first-order chi connectivity index (χ1) is 4.72. The van der Waals surface area contributed by atoms with Gasteiger partial charge >= 0.3 is 0 Å². The van der Waals surface area contributed by atoms with E-state index >= 15 is 0 Å². The first-order valence-corrected chi connectivity index (χ1v) is 2.75. The van der Waals surface area contributed by atoms with Crippen LogP contribution in [0.5, 0.6) is 0 Å². The standard InChI is InChI=1S/C8H6FN/c1-2-6-3-7(9)5-8(10)4-6/h1,3-5H,10H2. The molecule has 0 spiro atoms. The molecule has 50 valence electrons. The Morgan fingerprint density at radius 3 is 2.60 bits per heavy atom. The first kappa shape index (κ1) is 6.63. The first-order valence-electron chi connectivity index (χ1n) is 2.75. The maximum absolute atomic E-state index is 12.4. The summed E-state index contributed by atoms with van der Waals surface area (Å²) in [6.07, 6.45) is 5.02. The molecule has 0 bridgehead atoms. The highest BCUT2D eigenvalue weighted by Gasteiger charge is 1.93. The van der Waals surface area contributed by atoms with Crippen LogP contribution in [0.25, 0.3) is 0 Å². The number of terminal acetylenes is 1. The van der Waals surface area contributed by atoms with Crippen LogP contribution in [0.3, 0.4) is 0 Å². The largest absolute Gasteiger partial charge is 0.399 e. The lowest BCUT2D eigenvalue weighted by Gasteiger charge is -1.93. The number of hydrogen-bond donors (Lipinski definition) is 1. The van der Waals surface area contributed by atoms with Crippen LogP contribution in [-0.2, 0) is 0 Å². The van der Waals surface area contributed by atoms with E-state index < -0.39 is 5.82 Å². The molecule has 1 nitrogen and oxygen atoms in total. The van der Waals surface area contributed by atoms with Crippen LogP contribution in [0, 0.1) is 18.2 Å². The number of nitrogens with two attached hydrogens (primary N) is 1. The Balaban J connectivity index is 3.22. The Kier molecular flexibility index (Phi) is 1.59. The highest BCUT2D eigenvalue weighted by Crippen LogP contribution is 2.08. The topological polar surface area (TPSA) is 26.0 Å². The molecule has 0 unspecified atom stereocenters. The third kappa shape index (κ3) is 1.26. The zero-order valence-corrected chi connectivity index (χ0v) is 5.26. The predicted molar refractivity (Wildman–Crippen MR) is 38.7 cm³/mol. The molecule has 2 N–H and O–H groups in total. The molecule has 0 saturated heterocycles. The monoisotopic (exact) mass is 135 g/mol. The summed E-state index contributed by atoms with van der Waals surface area (Å²) >= 11 is 0. The van der Waals surface area contributed by atoms with Crippen molar-refractivity contribution in [3.63, 3.8) is 0 Å². The summed E-state index contributed by atoms with van der Waals surface area (Å²) in [6.45, 7) is 0. The number of rotatable bonds is 0. The molecule has 0 saturated carbocycles.